The molecular weight excluding hydrogens is 324 g/mol. The number of aromatic nitrogens is 1. The second-order valence-corrected chi connectivity index (χ2v) is 6.78. The van der Waals surface area contributed by atoms with Crippen LogP contribution in [0.1, 0.15) is 29.0 Å². The first kappa shape index (κ1) is 15.0. The molecule has 0 unspecified atom stereocenters. The Morgan fingerprint density at radius 1 is 1.25 bits per heavy atom. The first-order valence-corrected chi connectivity index (χ1v) is 8.71. The van der Waals surface area contributed by atoms with Crippen molar-refractivity contribution >= 4 is 17.2 Å². The molecule has 0 saturated heterocycles. The zero-order valence-corrected chi connectivity index (χ0v) is 13.7. The maximum absolute atomic E-state index is 12.8. The fourth-order valence-electron chi connectivity index (χ4n) is 2.70. The summed E-state index contributed by atoms with van der Waals surface area (Å²) in [5.41, 5.74) is 0.556. The third-order valence-corrected chi connectivity index (χ3v) is 4.98. The van der Waals surface area contributed by atoms with Crippen molar-refractivity contribution in [1.82, 2.24) is 9.88 Å². The second kappa shape index (κ2) is 6.13. The van der Waals surface area contributed by atoms with E-state index in [1.807, 2.05) is 23.6 Å². The van der Waals surface area contributed by atoms with Gasteiger partial charge in [-0.3, -0.25) is 9.59 Å². The molecular formula is C18H16N2O3S. The molecule has 1 fully saturated rings. The van der Waals surface area contributed by atoms with Gasteiger partial charge in [0.05, 0.1) is 23.4 Å². The van der Waals surface area contributed by atoms with Gasteiger partial charge in [-0.05, 0) is 48.6 Å². The van der Waals surface area contributed by atoms with Gasteiger partial charge in [0.25, 0.3) is 11.5 Å². The minimum atomic E-state index is -0.351. The maximum Gasteiger partial charge on any atom is 0.261 e. The van der Waals surface area contributed by atoms with Crippen LogP contribution in [0.2, 0.25) is 0 Å². The lowest BCUT2D eigenvalue weighted by Crippen LogP contribution is -2.36. The highest BCUT2D eigenvalue weighted by Crippen LogP contribution is 2.30. The Bertz CT molecular complexity index is 893. The molecule has 5 nitrogen and oxygen atoms in total. The van der Waals surface area contributed by atoms with E-state index >= 15 is 0 Å². The van der Waals surface area contributed by atoms with Crippen molar-refractivity contribution in [2.45, 2.75) is 25.4 Å². The van der Waals surface area contributed by atoms with Gasteiger partial charge in [-0.1, -0.05) is 6.07 Å². The zero-order chi connectivity index (χ0) is 16.5. The summed E-state index contributed by atoms with van der Waals surface area (Å²) >= 11 is 1.55. The summed E-state index contributed by atoms with van der Waals surface area (Å²) in [6.07, 6.45) is 3.53. The van der Waals surface area contributed by atoms with Gasteiger partial charge in [0.1, 0.15) is 11.3 Å². The second-order valence-electron chi connectivity index (χ2n) is 5.84. The van der Waals surface area contributed by atoms with E-state index in [2.05, 4.69) is 4.98 Å². The highest BCUT2D eigenvalue weighted by atomic mass is 32.1. The lowest BCUT2D eigenvalue weighted by Gasteiger charge is -2.21. The number of pyridine rings is 1. The molecule has 1 N–H and O–H groups in total. The predicted octanol–water partition coefficient (Wildman–Crippen LogP) is 3.50. The summed E-state index contributed by atoms with van der Waals surface area (Å²) in [5, 5.41) is 1.95. The largest absolute Gasteiger partial charge is 0.467 e. The molecule has 3 heterocycles. The highest BCUT2D eigenvalue weighted by molar-refractivity contribution is 7.13. The smallest absolute Gasteiger partial charge is 0.261 e. The quantitative estimate of drug-likeness (QED) is 0.773. The van der Waals surface area contributed by atoms with Crippen LogP contribution < -0.4 is 5.56 Å². The third-order valence-electron chi connectivity index (χ3n) is 4.08. The molecule has 1 amide bonds. The normalized spacial score (nSPS) is 13.8. The van der Waals surface area contributed by atoms with Crippen LogP contribution in [0.5, 0.6) is 0 Å². The number of amides is 1. The Balaban J connectivity index is 1.62. The first-order valence-electron chi connectivity index (χ1n) is 7.83. The van der Waals surface area contributed by atoms with Crippen molar-refractivity contribution in [3.8, 4) is 10.6 Å². The molecule has 4 rings (SSSR count). The van der Waals surface area contributed by atoms with Gasteiger partial charge in [-0.25, -0.2) is 0 Å². The minimum absolute atomic E-state index is 0.175. The Labute approximate surface area is 142 Å². The van der Waals surface area contributed by atoms with Crippen LogP contribution >= 0.6 is 11.3 Å². The lowest BCUT2D eigenvalue weighted by atomic mass is 10.2. The molecule has 3 aromatic heterocycles. The molecule has 0 spiro atoms. The average molecular weight is 340 g/mol. The number of furan rings is 1. The van der Waals surface area contributed by atoms with Crippen LogP contribution in [-0.2, 0) is 6.54 Å². The van der Waals surface area contributed by atoms with E-state index in [0.29, 0.717) is 6.54 Å². The Morgan fingerprint density at radius 2 is 2.12 bits per heavy atom. The lowest BCUT2D eigenvalue weighted by molar-refractivity contribution is 0.0715. The molecule has 0 aliphatic heterocycles. The van der Waals surface area contributed by atoms with Crippen LogP contribution in [0.15, 0.2) is 57.3 Å². The van der Waals surface area contributed by atoms with Gasteiger partial charge < -0.3 is 14.3 Å². The summed E-state index contributed by atoms with van der Waals surface area (Å²) in [6, 6.07) is 11.1. The average Bonchev–Trinajstić information content (AvgIpc) is 3.07. The minimum Gasteiger partial charge on any atom is -0.467 e. The standard InChI is InChI=1S/C18H16N2O3S/c21-17-14(7-8-15(19-17)16-4-2-10-24-16)18(22)20(12-5-6-12)11-13-3-1-9-23-13/h1-4,7-10,12H,5-6,11H2,(H,19,21). The number of thiophene rings is 1. The molecule has 0 aromatic carbocycles. The van der Waals surface area contributed by atoms with E-state index in [0.717, 1.165) is 29.2 Å². The number of hydrogen-bond donors (Lipinski definition) is 1. The molecule has 1 aliphatic carbocycles. The fraction of sp³-hybridized carbons (Fsp3) is 0.222. The number of nitrogens with zero attached hydrogens (tertiary/aromatic N) is 1. The molecule has 122 valence electrons. The van der Waals surface area contributed by atoms with Crippen LogP contribution in [-0.4, -0.2) is 21.8 Å². The van der Waals surface area contributed by atoms with Crippen molar-refractivity contribution in [1.29, 1.82) is 0 Å². The van der Waals surface area contributed by atoms with Gasteiger partial charge in [-0.15, -0.1) is 11.3 Å². The first-order chi connectivity index (χ1) is 11.7. The number of H-pyrrole nitrogens is 1. The van der Waals surface area contributed by atoms with Gasteiger partial charge in [0.15, 0.2) is 0 Å². The van der Waals surface area contributed by atoms with Crippen LogP contribution in [0, 0.1) is 0 Å². The van der Waals surface area contributed by atoms with Gasteiger partial charge in [0, 0.05) is 6.04 Å². The monoisotopic (exact) mass is 340 g/mol. The molecule has 0 radical (unpaired) electrons. The fourth-order valence-corrected chi connectivity index (χ4v) is 3.40. The van der Waals surface area contributed by atoms with Crippen LogP contribution in [0.25, 0.3) is 10.6 Å². The van der Waals surface area contributed by atoms with E-state index in [1.165, 1.54) is 0 Å². The molecule has 3 aromatic rings. The van der Waals surface area contributed by atoms with E-state index < -0.39 is 0 Å². The Kier molecular flexibility index (Phi) is 3.82. The van der Waals surface area contributed by atoms with Gasteiger partial charge >= 0.3 is 0 Å². The van der Waals surface area contributed by atoms with Crippen molar-refractivity contribution in [3.63, 3.8) is 0 Å². The Hall–Kier alpha value is -2.60. The third kappa shape index (κ3) is 2.92. The van der Waals surface area contributed by atoms with Gasteiger partial charge in [0.2, 0.25) is 0 Å². The highest BCUT2D eigenvalue weighted by Gasteiger charge is 2.34. The number of carbonyl (C=O) groups is 1. The number of aromatic amines is 1. The zero-order valence-electron chi connectivity index (χ0n) is 12.9. The molecule has 24 heavy (non-hydrogen) atoms. The number of rotatable bonds is 5. The van der Waals surface area contributed by atoms with E-state index in [4.69, 9.17) is 4.42 Å². The molecule has 1 saturated carbocycles. The Morgan fingerprint density at radius 3 is 2.75 bits per heavy atom. The van der Waals surface area contributed by atoms with E-state index in [-0.39, 0.29) is 23.1 Å². The summed E-state index contributed by atoms with van der Waals surface area (Å²) in [5.74, 6) is 0.481. The maximum atomic E-state index is 12.8. The molecule has 1 aliphatic rings. The predicted molar refractivity (Wildman–Crippen MR) is 92.0 cm³/mol. The summed E-state index contributed by atoms with van der Waals surface area (Å²) < 4.78 is 5.35. The molecule has 0 bridgehead atoms. The van der Waals surface area contributed by atoms with Crippen LogP contribution in [0.4, 0.5) is 0 Å². The van der Waals surface area contributed by atoms with Gasteiger partial charge in [-0.2, -0.15) is 0 Å². The summed E-state index contributed by atoms with van der Waals surface area (Å²) in [6.45, 7) is 0.391. The summed E-state index contributed by atoms with van der Waals surface area (Å²) in [7, 11) is 0. The van der Waals surface area contributed by atoms with Crippen molar-refractivity contribution < 1.29 is 9.21 Å². The number of carbonyl (C=O) groups excluding carboxylic acids is 1. The van der Waals surface area contributed by atoms with Crippen molar-refractivity contribution in [2.75, 3.05) is 0 Å². The molecule has 0 atom stereocenters. The number of hydrogen-bond acceptors (Lipinski definition) is 4. The van der Waals surface area contributed by atoms with Crippen molar-refractivity contribution in [3.05, 3.63) is 69.7 Å². The number of nitrogens with one attached hydrogen (secondary N) is 1. The molecule has 6 heteroatoms. The topological polar surface area (TPSA) is 66.3 Å². The van der Waals surface area contributed by atoms with Crippen molar-refractivity contribution in [2.24, 2.45) is 0 Å². The van der Waals surface area contributed by atoms with E-state index in [9.17, 15) is 9.59 Å². The van der Waals surface area contributed by atoms with Crippen LogP contribution in [0.3, 0.4) is 0 Å². The van der Waals surface area contributed by atoms with E-state index in [1.54, 1.807) is 40.7 Å². The summed E-state index contributed by atoms with van der Waals surface area (Å²) in [4.78, 5) is 30.8. The SMILES string of the molecule is O=C(c1ccc(-c2cccs2)[nH]c1=O)N(Cc1ccco1)C1CC1.